The number of benzene rings is 2. The zero-order valence-corrected chi connectivity index (χ0v) is 12.0. The molecule has 106 valence electrons. The lowest BCUT2D eigenvalue weighted by atomic mass is 9.88. The molecule has 0 radical (unpaired) electrons. The summed E-state index contributed by atoms with van der Waals surface area (Å²) in [7, 11) is 0. The normalized spacial score (nSPS) is 21.6. The summed E-state index contributed by atoms with van der Waals surface area (Å²) in [6.45, 7) is 0.792. The molecule has 0 aliphatic carbocycles. The van der Waals surface area contributed by atoms with Crippen molar-refractivity contribution in [3.05, 3.63) is 48.0 Å². The third-order valence-electron chi connectivity index (χ3n) is 3.97. The van der Waals surface area contributed by atoms with Crippen LogP contribution in [0.15, 0.2) is 42.5 Å². The van der Waals surface area contributed by atoms with Gasteiger partial charge >= 0.3 is 5.97 Å². The van der Waals surface area contributed by atoms with Gasteiger partial charge in [-0.2, -0.15) is 0 Å². The van der Waals surface area contributed by atoms with Crippen molar-refractivity contribution in [2.24, 2.45) is 0 Å². The highest BCUT2D eigenvalue weighted by Gasteiger charge is 2.40. The van der Waals surface area contributed by atoms with Crippen LogP contribution in [0, 0.1) is 0 Å². The van der Waals surface area contributed by atoms with Gasteiger partial charge in [0.1, 0.15) is 5.54 Å². The molecule has 0 spiro atoms. The summed E-state index contributed by atoms with van der Waals surface area (Å²) >= 11 is 0. The molecule has 1 heterocycles. The van der Waals surface area contributed by atoms with Gasteiger partial charge in [0.25, 0.3) is 0 Å². The molecule has 3 rings (SSSR count). The predicted molar refractivity (Wildman–Crippen MR) is 82.5 cm³/mol. The van der Waals surface area contributed by atoms with Gasteiger partial charge in [0.15, 0.2) is 0 Å². The van der Waals surface area contributed by atoms with E-state index in [0.29, 0.717) is 12.8 Å². The first-order chi connectivity index (χ1) is 9.20. The number of nitrogens with one attached hydrogen (secondary N) is 1. The van der Waals surface area contributed by atoms with Crippen molar-refractivity contribution in [1.29, 1.82) is 0 Å². The van der Waals surface area contributed by atoms with Crippen LogP contribution in [0.25, 0.3) is 10.8 Å². The van der Waals surface area contributed by atoms with Crippen molar-refractivity contribution >= 4 is 29.1 Å². The Labute approximate surface area is 124 Å². The smallest absolute Gasteiger partial charge is 0.324 e. The molecule has 0 aromatic heterocycles. The highest BCUT2D eigenvalue weighted by molar-refractivity contribution is 5.85. The van der Waals surface area contributed by atoms with Gasteiger partial charge in [0.2, 0.25) is 0 Å². The van der Waals surface area contributed by atoms with Crippen LogP contribution < -0.4 is 5.32 Å². The third-order valence-corrected chi connectivity index (χ3v) is 3.97. The van der Waals surface area contributed by atoms with Crippen LogP contribution in [0.1, 0.15) is 18.4 Å². The van der Waals surface area contributed by atoms with Gasteiger partial charge in [-0.05, 0) is 35.7 Å². The number of hydrogen-bond donors (Lipinski definition) is 2. The number of fused-ring (bicyclic) bond motifs is 1. The van der Waals surface area contributed by atoms with Gasteiger partial charge in [-0.15, -0.1) is 12.4 Å². The minimum absolute atomic E-state index is 0. The standard InChI is InChI=1S/C16H17NO2.ClH/c18-15(19)16(8-3-9-17-16)11-12-6-7-13-4-1-2-5-14(13)10-12;/h1-2,4-7,10,17H,3,8-9,11H2,(H,18,19);1H. The van der Waals surface area contributed by atoms with Crippen LogP contribution in [-0.4, -0.2) is 23.2 Å². The molecule has 2 aromatic carbocycles. The summed E-state index contributed by atoms with van der Waals surface area (Å²) in [5.41, 5.74) is 0.304. The maximum absolute atomic E-state index is 11.5. The van der Waals surface area contributed by atoms with Gasteiger partial charge in [-0.3, -0.25) is 4.79 Å². The van der Waals surface area contributed by atoms with Gasteiger partial charge in [0.05, 0.1) is 0 Å². The van der Waals surface area contributed by atoms with Crippen molar-refractivity contribution in [2.45, 2.75) is 24.8 Å². The van der Waals surface area contributed by atoms with E-state index in [1.54, 1.807) is 0 Å². The molecular formula is C16H18ClNO2. The van der Waals surface area contributed by atoms with Crippen molar-refractivity contribution in [3.63, 3.8) is 0 Å². The molecule has 1 aliphatic heterocycles. The van der Waals surface area contributed by atoms with Gasteiger partial charge in [-0.1, -0.05) is 42.5 Å². The molecule has 1 unspecified atom stereocenters. The Morgan fingerprint density at radius 3 is 2.60 bits per heavy atom. The summed E-state index contributed by atoms with van der Waals surface area (Å²) in [6, 6.07) is 14.3. The topological polar surface area (TPSA) is 49.3 Å². The second-order valence-electron chi connectivity index (χ2n) is 5.28. The van der Waals surface area contributed by atoms with E-state index in [1.165, 1.54) is 10.8 Å². The molecule has 1 fully saturated rings. The Bertz CT molecular complexity index is 621. The third kappa shape index (κ3) is 2.65. The number of rotatable bonds is 3. The van der Waals surface area contributed by atoms with Crippen LogP contribution >= 0.6 is 12.4 Å². The first-order valence-corrected chi connectivity index (χ1v) is 6.66. The second-order valence-corrected chi connectivity index (χ2v) is 5.28. The minimum Gasteiger partial charge on any atom is -0.480 e. The molecule has 0 amide bonds. The number of carboxylic acids is 1. The van der Waals surface area contributed by atoms with E-state index in [-0.39, 0.29) is 12.4 Å². The number of aliphatic carboxylic acids is 1. The lowest BCUT2D eigenvalue weighted by molar-refractivity contribution is -0.144. The van der Waals surface area contributed by atoms with Crippen molar-refractivity contribution in [2.75, 3.05) is 6.54 Å². The minimum atomic E-state index is -0.775. The molecular weight excluding hydrogens is 274 g/mol. The predicted octanol–water partition coefficient (Wildman–Crippen LogP) is 3.01. The monoisotopic (exact) mass is 291 g/mol. The Morgan fingerprint density at radius 2 is 1.95 bits per heavy atom. The second kappa shape index (κ2) is 5.81. The fourth-order valence-electron chi connectivity index (χ4n) is 2.91. The molecule has 3 nitrogen and oxygen atoms in total. The first kappa shape index (κ1) is 14.8. The van der Waals surface area contributed by atoms with E-state index in [1.807, 2.05) is 18.2 Å². The summed E-state index contributed by atoms with van der Waals surface area (Å²) in [4.78, 5) is 11.5. The molecule has 20 heavy (non-hydrogen) atoms. The Kier molecular flexibility index (Phi) is 4.31. The van der Waals surface area contributed by atoms with Crippen LogP contribution in [0.4, 0.5) is 0 Å². The summed E-state index contributed by atoms with van der Waals surface area (Å²) in [5, 5.41) is 15.0. The van der Waals surface area contributed by atoms with Crippen molar-refractivity contribution < 1.29 is 9.90 Å². The molecule has 4 heteroatoms. The first-order valence-electron chi connectivity index (χ1n) is 6.66. The van der Waals surface area contributed by atoms with E-state index in [9.17, 15) is 9.90 Å². The number of hydrogen-bond acceptors (Lipinski definition) is 2. The largest absolute Gasteiger partial charge is 0.480 e. The van der Waals surface area contributed by atoms with E-state index >= 15 is 0 Å². The van der Waals surface area contributed by atoms with Gasteiger partial charge in [0, 0.05) is 6.42 Å². The average molecular weight is 292 g/mol. The van der Waals surface area contributed by atoms with Crippen LogP contribution in [-0.2, 0) is 11.2 Å². The average Bonchev–Trinajstić information content (AvgIpc) is 2.88. The van der Waals surface area contributed by atoms with Crippen LogP contribution in [0.3, 0.4) is 0 Å². The maximum Gasteiger partial charge on any atom is 0.324 e. The molecule has 2 aromatic rings. The fourth-order valence-corrected chi connectivity index (χ4v) is 2.91. The molecule has 1 aliphatic rings. The highest BCUT2D eigenvalue weighted by Crippen LogP contribution is 2.26. The summed E-state index contributed by atoms with van der Waals surface area (Å²) in [5.74, 6) is -0.738. The van der Waals surface area contributed by atoms with Crippen molar-refractivity contribution in [1.82, 2.24) is 5.32 Å². The Balaban J connectivity index is 0.00000147. The molecule has 0 bridgehead atoms. The Morgan fingerprint density at radius 1 is 1.20 bits per heavy atom. The van der Waals surface area contributed by atoms with E-state index in [2.05, 4.69) is 29.6 Å². The molecule has 0 saturated carbocycles. The lowest BCUT2D eigenvalue weighted by Gasteiger charge is -2.24. The number of halogens is 1. The summed E-state index contributed by atoms with van der Waals surface area (Å²) < 4.78 is 0. The lowest BCUT2D eigenvalue weighted by Crippen LogP contribution is -2.49. The fraction of sp³-hybridized carbons (Fsp3) is 0.312. The van der Waals surface area contributed by atoms with Crippen LogP contribution in [0.5, 0.6) is 0 Å². The highest BCUT2D eigenvalue weighted by atomic mass is 35.5. The number of carbonyl (C=O) groups is 1. The van der Waals surface area contributed by atoms with Crippen molar-refractivity contribution in [3.8, 4) is 0 Å². The zero-order chi connectivity index (χ0) is 13.3. The van der Waals surface area contributed by atoms with Gasteiger partial charge in [-0.25, -0.2) is 0 Å². The quantitative estimate of drug-likeness (QED) is 0.914. The number of carboxylic acid groups (broad SMARTS) is 1. The van der Waals surface area contributed by atoms with E-state index in [0.717, 1.165) is 18.5 Å². The summed E-state index contributed by atoms with van der Waals surface area (Å²) in [6.07, 6.45) is 2.18. The Hall–Kier alpha value is -1.58. The SMILES string of the molecule is Cl.O=C(O)C1(Cc2ccc3ccccc3c2)CCCN1. The van der Waals surface area contributed by atoms with Gasteiger partial charge < -0.3 is 10.4 Å². The van der Waals surface area contributed by atoms with E-state index in [4.69, 9.17) is 0 Å². The van der Waals surface area contributed by atoms with Crippen LogP contribution in [0.2, 0.25) is 0 Å². The molecule has 2 N–H and O–H groups in total. The molecule has 1 saturated heterocycles. The maximum atomic E-state index is 11.5. The van der Waals surface area contributed by atoms with E-state index < -0.39 is 11.5 Å². The molecule has 1 atom stereocenters. The zero-order valence-electron chi connectivity index (χ0n) is 11.1.